The van der Waals surface area contributed by atoms with Gasteiger partial charge in [-0.15, -0.1) is 0 Å². The first-order valence-corrected chi connectivity index (χ1v) is 6.67. The smallest absolute Gasteiger partial charge is 0.128 e. The number of pyridine rings is 1. The summed E-state index contributed by atoms with van der Waals surface area (Å²) in [4.78, 5) is 17.6. The van der Waals surface area contributed by atoms with Crippen LogP contribution in [-0.2, 0) is 10.2 Å². The first-order valence-electron chi connectivity index (χ1n) is 6.67. The number of aldehydes is 1. The third-order valence-electron chi connectivity index (χ3n) is 3.59. The van der Waals surface area contributed by atoms with Crippen molar-refractivity contribution in [1.29, 1.82) is 0 Å². The zero-order valence-electron chi connectivity index (χ0n) is 11.5. The summed E-state index contributed by atoms with van der Waals surface area (Å²) in [5.41, 5.74) is 1.38. The van der Waals surface area contributed by atoms with E-state index in [1.54, 1.807) is 0 Å². The van der Waals surface area contributed by atoms with Crippen LogP contribution in [0.1, 0.15) is 39.2 Å². The van der Waals surface area contributed by atoms with E-state index >= 15 is 0 Å². The second-order valence-corrected chi connectivity index (χ2v) is 6.14. The quantitative estimate of drug-likeness (QED) is 0.752. The molecule has 0 N–H and O–H groups in total. The SMILES string of the molecule is CC(C)(C)c1ccc(N2CCCC(C=O)C2)nc1. The van der Waals surface area contributed by atoms with Crippen LogP contribution in [0.3, 0.4) is 0 Å². The molecule has 2 heterocycles. The number of aromatic nitrogens is 1. The molecular formula is C15H22N2O. The monoisotopic (exact) mass is 246 g/mol. The summed E-state index contributed by atoms with van der Waals surface area (Å²) < 4.78 is 0. The van der Waals surface area contributed by atoms with Gasteiger partial charge < -0.3 is 9.69 Å². The highest BCUT2D eigenvalue weighted by Crippen LogP contribution is 2.25. The molecule has 0 spiro atoms. The number of nitrogens with zero attached hydrogens (tertiary/aromatic N) is 2. The maximum absolute atomic E-state index is 10.9. The molecule has 18 heavy (non-hydrogen) atoms. The van der Waals surface area contributed by atoms with Crippen LogP contribution in [0.5, 0.6) is 0 Å². The van der Waals surface area contributed by atoms with Gasteiger partial charge in [-0.2, -0.15) is 0 Å². The van der Waals surface area contributed by atoms with Crippen molar-refractivity contribution in [2.45, 2.75) is 39.0 Å². The number of hydrogen-bond acceptors (Lipinski definition) is 3. The van der Waals surface area contributed by atoms with Gasteiger partial charge in [0.1, 0.15) is 12.1 Å². The fourth-order valence-corrected chi connectivity index (χ4v) is 2.35. The van der Waals surface area contributed by atoms with E-state index in [1.807, 2.05) is 6.20 Å². The summed E-state index contributed by atoms with van der Waals surface area (Å²) in [6, 6.07) is 4.22. The van der Waals surface area contributed by atoms with Crippen LogP contribution in [-0.4, -0.2) is 24.4 Å². The molecule has 0 aromatic carbocycles. The standard InChI is InChI=1S/C15H22N2O/c1-15(2,3)13-6-7-14(16-9-13)17-8-4-5-12(10-17)11-18/h6-7,9,11-12H,4-5,8,10H2,1-3H3. The lowest BCUT2D eigenvalue weighted by Gasteiger charge is -2.31. The van der Waals surface area contributed by atoms with E-state index < -0.39 is 0 Å². The molecule has 1 aliphatic heterocycles. The number of hydrogen-bond donors (Lipinski definition) is 0. The molecule has 3 heteroatoms. The Labute approximate surface area is 109 Å². The summed E-state index contributed by atoms with van der Waals surface area (Å²) in [6.07, 6.45) is 5.13. The highest BCUT2D eigenvalue weighted by Gasteiger charge is 2.21. The lowest BCUT2D eigenvalue weighted by Crippen LogP contribution is -2.36. The molecule has 2 rings (SSSR count). The normalized spacial score (nSPS) is 20.8. The maximum atomic E-state index is 10.9. The van der Waals surface area contributed by atoms with Gasteiger partial charge in [-0.25, -0.2) is 4.98 Å². The lowest BCUT2D eigenvalue weighted by atomic mass is 9.88. The van der Waals surface area contributed by atoms with Crippen LogP contribution >= 0.6 is 0 Å². The molecule has 0 saturated carbocycles. The Morgan fingerprint density at radius 3 is 2.72 bits per heavy atom. The Morgan fingerprint density at radius 2 is 2.17 bits per heavy atom. The second-order valence-electron chi connectivity index (χ2n) is 6.14. The van der Waals surface area contributed by atoms with E-state index in [2.05, 4.69) is 42.8 Å². The molecule has 1 aliphatic rings. The fourth-order valence-electron chi connectivity index (χ4n) is 2.35. The van der Waals surface area contributed by atoms with Crippen LogP contribution < -0.4 is 4.90 Å². The zero-order chi connectivity index (χ0) is 13.2. The van der Waals surface area contributed by atoms with Gasteiger partial charge in [-0.1, -0.05) is 26.8 Å². The number of piperidine rings is 1. The Balaban J connectivity index is 2.12. The van der Waals surface area contributed by atoms with E-state index in [9.17, 15) is 4.79 Å². The van der Waals surface area contributed by atoms with Gasteiger partial charge in [-0.3, -0.25) is 0 Å². The number of anilines is 1. The minimum absolute atomic E-state index is 0.138. The lowest BCUT2D eigenvalue weighted by molar-refractivity contribution is -0.111. The Hall–Kier alpha value is -1.38. The number of carbonyl (C=O) groups is 1. The van der Waals surface area contributed by atoms with Crippen LogP contribution in [0, 0.1) is 5.92 Å². The first-order chi connectivity index (χ1) is 8.50. The third kappa shape index (κ3) is 2.89. The molecule has 0 bridgehead atoms. The average molecular weight is 246 g/mol. The summed E-state index contributed by atoms with van der Waals surface area (Å²) >= 11 is 0. The molecule has 1 aromatic rings. The molecule has 1 unspecified atom stereocenters. The van der Waals surface area contributed by atoms with Gasteiger partial charge in [0.2, 0.25) is 0 Å². The molecule has 0 radical (unpaired) electrons. The molecule has 1 atom stereocenters. The van der Waals surface area contributed by atoms with Crippen molar-refractivity contribution in [2.75, 3.05) is 18.0 Å². The predicted molar refractivity (Wildman–Crippen MR) is 73.9 cm³/mol. The minimum Gasteiger partial charge on any atom is -0.356 e. The van der Waals surface area contributed by atoms with Crippen molar-refractivity contribution >= 4 is 12.1 Å². The summed E-state index contributed by atoms with van der Waals surface area (Å²) in [7, 11) is 0. The zero-order valence-corrected chi connectivity index (χ0v) is 11.5. The van der Waals surface area contributed by atoms with E-state index in [0.29, 0.717) is 0 Å². The maximum Gasteiger partial charge on any atom is 0.128 e. The van der Waals surface area contributed by atoms with Crippen LogP contribution in [0.4, 0.5) is 5.82 Å². The third-order valence-corrected chi connectivity index (χ3v) is 3.59. The van der Waals surface area contributed by atoms with E-state index in [0.717, 1.165) is 38.0 Å². The summed E-state index contributed by atoms with van der Waals surface area (Å²) in [5, 5.41) is 0. The van der Waals surface area contributed by atoms with Gasteiger partial charge in [0.25, 0.3) is 0 Å². The van der Waals surface area contributed by atoms with Crippen molar-refractivity contribution in [1.82, 2.24) is 4.98 Å². The topological polar surface area (TPSA) is 33.2 Å². The molecule has 1 saturated heterocycles. The molecular weight excluding hydrogens is 224 g/mol. The average Bonchev–Trinajstić information content (AvgIpc) is 2.38. The van der Waals surface area contributed by atoms with Crippen LogP contribution in [0.15, 0.2) is 18.3 Å². The van der Waals surface area contributed by atoms with Gasteiger partial charge in [0.15, 0.2) is 0 Å². The van der Waals surface area contributed by atoms with Gasteiger partial charge in [0, 0.05) is 25.2 Å². The molecule has 0 aliphatic carbocycles. The van der Waals surface area contributed by atoms with Crippen molar-refractivity contribution in [3.05, 3.63) is 23.9 Å². The second kappa shape index (κ2) is 5.09. The largest absolute Gasteiger partial charge is 0.356 e. The molecule has 1 aromatic heterocycles. The molecule has 1 fully saturated rings. The Bertz CT molecular complexity index is 405. The van der Waals surface area contributed by atoms with Crippen molar-refractivity contribution in [2.24, 2.45) is 5.92 Å². The summed E-state index contributed by atoms with van der Waals surface area (Å²) in [5.74, 6) is 1.16. The van der Waals surface area contributed by atoms with Gasteiger partial charge in [-0.05, 0) is 29.9 Å². The minimum atomic E-state index is 0.138. The van der Waals surface area contributed by atoms with Crippen molar-refractivity contribution in [3.63, 3.8) is 0 Å². The van der Waals surface area contributed by atoms with Gasteiger partial charge in [0.05, 0.1) is 0 Å². The van der Waals surface area contributed by atoms with Crippen molar-refractivity contribution in [3.8, 4) is 0 Å². The van der Waals surface area contributed by atoms with Crippen LogP contribution in [0.2, 0.25) is 0 Å². The fraction of sp³-hybridized carbons (Fsp3) is 0.600. The van der Waals surface area contributed by atoms with E-state index in [1.165, 1.54) is 5.56 Å². The number of rotatable bonds is 2. The highest BCUT2D eigenvalue weighted by molar-refractivity contribution is 5.56. The van der Waals surface area contributed by atoms with E-state index in [-0.39, 0.29) is 11.3 Å². The molecule has 98 valence electrons. The molecule has 0 amide bonds. The summed E-state index contributed by atoms with van der Waals surface area (Å²) in [6.45, 7) is 8.38. The Morgan fingerprint density at radius 1 is 1.39 bits per heavy atom. The Kier molecular flexibility index (Phi) is 3.69. The highest BCUT2D eigenvalue weighted by atomic mass is 16.1. The van der Waals surface area contributed by atoms with E-state index in [4.69, 9.17) is 0 Å². The first kappa shape index (κ1) is 13.1. The number of carbonyl (C=O) groups excluding carboxylic acids is 1. The van der Waals surface area contributed by atoms with Crippen LogP contribution in [0.25, 0.3) is 0 Å². The van der Waals surface area contributed by atoms with Gasteiger partial charge >= 0.3 is 0 Å². The van der Waals surface area contributed by atoms with Crippen molar-refractivity contribution < 1.29 is 4.79 Å². The molecule has 3 nitrogen and oxygen atoms in total. The predicted octanol–water partition coefficient (Wildman–Crippen LogP) is 2.79.